The number of halogens is 5. The molecule has 1 aliphatic rings. The first-order valence-corrected chi connectivity index (χ1v) is 6.36. The molecule has 0 N–H and O–H groups in total. The number of anilines is 1. The summed E-state index contributed by atoms with van der Waals surface area (Å²) in [5, 5.41) is 0.575. The van der Waals surface area contributed by atoms with Crippen molar-refractivity contribution in [3.05, 3.63) is 28.2 Å². The standard InChI is InChI=1S/C12H10Cl2F3NO/c13-8-2-1-6(5-9(8)14)18-4-3-7(12(18)19)10(15)11(16)17/h1-2,5,7,10-11H,3-4H2. The first-order valence-electron chi connectivity index (χ1n) is 5.60. The van der Waals surface area contributed by atoms with E-state index in [-0.39, 0.29) is 18.0 Å². The Morgan fingerprint density at radius 1 is 1.21 bits per heavy atom. The Kier molecular flexibility index (Phi) is 4.26. The van der Waals surface area contributed by atoms with Crippen LogP contribution in [0.3, 0.4) is 0 Å². The molecule has 2 unspecified atom stereocenters. The van der Waals surface area contributed by atoms with Crippen molar-refractivity contribution in [1.29, 1.82) is 0 Å². The molecule has 1 amide bonds. The van der Waals surface area contributed by atoms with Crippen molar-refractivity contribution in [2.45, 2.75) is 19.0 Å². The highest BCUT2D eigenvalue weighted by molar-refractivity contribution is 6.42. The van der Waals surface area contributed by atoms with Crippen molar-refractivity contribution in [3.8, 4) is 0 Å². The van der Waals surface area contributed by atoms with Gasteiger partial charge in [0, 0.05) is 12.2 Å². The largest absolute Gasteiger partial charge is 0.312 e. The van der Waals surface area contributed by atoms with Gasteiger partial charge in [0.2, 0.25) is 5.91 Å². The highest BCUT2D eigenvalue weighted by atomic mass is 35.5. The third-order valence-electron chi connectivity index (χ3n) is 3.09. The Bertz CT molecular complexity index is 498. The molecule has 2 nitrogen and oxygen atoms in total. The zero-order chi connectivity index (χ0) is 14.2. The maximum absolute atomic E-state index is 13.3. The van der Waals surface area contributed by atoms with Gasteiger partial charge >= 0.3 is 0 Å². The number of hydrogen-bond acceptors (Lipinski definition) is 1. The summed E-state index contributed by atoms with van der Waals surface area (Å²) in [6.45, 7) is 0.189. The molecule has 0 aromatic heterocycles. The van der Waals surface area contributed by atoms with Gasteiger partial charge in [-0.05, 0) is 24.6 Å². The molecule has 1 aliphatic heterocycles. The predicted octanol–water partition coefficient (Wildman–Crippen LogP) is 3.95. The topological polar surface area (TPSA) is 20.3 Å². The van der Waals surface area contributed by atoms with E-state index < -0.39 is 24.4 Å². The van der Waals surface area contributed by atoms with E-state index in [0.717, 1.165) is 0 Å². The minimum atomic E-state index is -3.15. The van der Waals surface area contributed by atoms with Crippen LogP contribution in [0.4, 0.5) is 18.9 Å². The Labute approximate surface area is 118 Å². The quantitative estimate of drug-likeness (QED) is 0.827. The molecule has 0 bridgehead atoms. The Morgan fingerprint density at radius 3 is 2.47 bits per heavy atom. The van der Waals surface area contributed by atoms with Crippen LogP contribution in [0.5, 0.6) is 0 Å². The molecule has 19 heavy (non-hydrogen) atoms. The van der Waals surface area contributed by atoms with Gasteiger partial charge in [0.25, 0.3) is 6.43 Å². The normalized spacial score (nSPS) is 21.3. The molecule has 0 saturated carbocycles. The van der Waals surface area contributed by atoms with Crippen LogP contribution >= 0.6 is 23.2 Å². The number of hydrogen-bond donors (Lipinski definition) is 0. The van der Waals surface area contributed by atoms with Gasteiger partial charge in [-0.15, -0.1) is 0 Å². The lowest BCUT2D eigenvalue weighted by Gasteiger charge is -2.18. The molecule has 1 fully saturated rings. The van der Waals surface area contributed by atoms with Crippen LogP contribution in [0.25, 0.3) is 0 Å². The van der Waals surface area contributed by atoms with Crippen molar-refractivity contribution >= 4 is 34.8 Å². The number of alkyl halides is 3. The number of benzene rings is 1. The number of carbonyl (C=O) groups is 1. The van der Waals surface area contributed by atoms with Crippen molar-refractivity contribution in [1.82, 2.24) is 0 Å². The van der Waals surface area contributed by atoms with Crippen molar-refractivity contribution < 1.29 is 18.0 Å². The van der Waals surface area contributed by atoms with Crippen LogP contribution in [-0.2, 0) is 4.79 Å². The molecule has 0 radical (unpaired) electrons. The maximum Gasteiger partial charge on any atom is 0.270 e. The summed E-state index contributed by atoms with van der Waals surface area (Å²) in [6.07, 6.45) is -5.52. The fourth-order valence-corrected chi connectivity index (χ4v) is 2.37. The average molecular weight is 312 g/mol. The molecule has 0 spiro atoms. The van der Waals surface area contributed by atoms with Crippen LogP contribution in [0.1, 0.15) is 6.42 Å². The van der Waals surface area contributed by atoms with E-state index in [2.05, 4.69) is 0 Å². The number of nitrogens with zero attached hydrogens (tertiary/aromatic N) is 1. The van der Waals surface area contributed by atoms with Crippen LogP contribution in [0.2, 0.25) is 10.0 Å². The highest BCUT2D eigenvalue weighted by Gasteiger charge is 2.42. The SMILES string of the molecule is O=C1C(C(F)C(F)F)CCN1c1ccc(Cl)c(Cl)c1. The number of rotatable bonds is 3. The lowest BCUT2D eigenvalue weighted by molar-refractivity contribution is -0.124. The molecule has 2 rings (SSSR count). The summed E-state index contributed by atoms with van der Waals surface area (Å²) in [5.74, 6) is -1.94. The molecule has 1 aromatic carbocycles. The monoisotopic (exact) mass is 311 g/mol. The third kappa shape index (κ3) is 2.82. The lowest BCUT2D eigenvalue weighted by atomic mass is 10.0. The van der Waals surface area contributed by atoms with Crippen molar-refractivity contribution in [2.75, 3.05) is 11.4 Å². The summed E-state index contributed by atoms with van der Waals surface area (Å²) in [7, 11) is 0. The first-order chi connectivity index (χ1) is 8.91. The smallest absolute Gasteiger partial charge is 0.270 e. The fourth-order valence-electron chi connectivity index (χ4n) is 2.08. The molecule has 2 atom stereocenters. The molecule has 1 heterocycles. The summed E-state index contributed by atoms with van der Waals surface area (Å²) in [6, 6.07) is 4.50. The number of carbonyl (C=O) groups excluding carboxylic acids is 1. The van der Waals surface area contributed by atoms with Crippen molar-refractivity contribution in [2.24, 2.45) is 5.92 Å². The van der Waals surface area contributed by atoms with Gasteiger partial charge in [0.05, 0.1) is 16.0 Å². The zero-order valence-electron chi connectivity index (χ0n) is 9.62. The fraction of sp³-hybridized carbons (Fsp3) is 0.417. The summed E-state index contributed by atoms with van der Waals surface area (Å²) in [4.78, 5) is 13.2. The summed E-state index contributed by atoms with van der Waals surface area (Å²) < 4.78 is 37.9. The molecule has 0 aliphatic carbocycles. The van der Waals surface area contributed by atoms with Crippen molar-refractivity contribution in [3.63, 3.8) is 0 Å². The van der Waals surface area contributed by atoms with Gasteiger partial charge in [-0.1, -0.05) is 23.2 Å². The van der Waals surface area contributed by atoms with E-state index in [9.17, 15) is 18.0 Å². The van der Waals surface area contributed by atoms with Crippen LogP contribution in [-0.4, -0.2) is 25.0 Å². The minimum absolute atomic E-state index is 0.0601. The zero-order valence-corrected chi connectivity index (χ0v) is 11.1. The average Bonchev–Trinajstić information content (AvgIpc) is 2.73. The Hall–Kier alpha value is -0.940. The first kappa shape index (κ1) is 14.5. The van der Waals surface area contributed by atoms with Crippen LogP contribution in [0.15, 0.2) is 18.2 Å². The van der Waals surface area contributed by atoms with Gasteiger partial charge in [-0.25, -0.2) is 13.2 Å². The second-order valence-electron chi connectivity index (χ2n) is 4.26. The Morgan fingerprint density at radius 2 is 1.89 bits per heavy atom. The third-order valence-corrected chi connectivity index (χ3v) is 3.83. The van der Waals surface area contributed by atoms with E-state index in [4.69, 9.17) is 23.2 Å². The van der Waals surface area contributed by atoms with Crippen LogP contribution < -0.4 is 4.90 Å². The second-order valence-corrected chi connectivity index (χ2v) is 5.08. The van der Waals surface area contributed by atoms with Gasteiger partial charge in [0.1, 0.15) is 0 Å². The van der Waals surface area contributed by atoms with E-state index in [0.29, 0.717) is 10.7 Å². The number of amides is 1. The minimum Gasteiger partial charge on any atom is -0.312 e. The van der Waals surface area contributed by atoms with E-state index >= 15 is 0 Å². The van der Waals surface area contributed by atoms with Gasteiger partial charge < -0.3 is 4.90 Å². The second kappa shape index (κ2) is 5.59. The van der Waals surface area contributed by atoms with E-state index in [1.165, 1.54) is 17.0 Å². The van der Waals surface area contributed by atoms with Gasteiger partial charge in [-0.3, -0.25) is 4.79 Å². The molecule has 1 aromatic rings. The summed E-state index contributed by atoms with van der Waals surface area (Å²) in [5.41, 5.74) is 0.434. The lowest BCUT2D eigenvalue weighted by Crippen LogP contribution is -2.33. The molecule has 1 saturated heterocycles. The Balaban J connectivity index is 2.19. The molecule has 104 valence electrons. The predicted molar refractivity (Wildman–Crippen MR) is 67.8 cm³/mol. The highest BCUT2D eigenvalue weighted by Crippen LogP contribution is 2.33. The van der Waals surface area contributed by atoms with Gasteiger partial charge in [-0.2, -0.15) is 0 Å². The van der Waals surface area contributed by atoms with E-state index in [1.54, 1.807) is 6.07 Å². The summed E-state index contributed by atoms with van der Waals surface area (Å²) >= 11 is 11.6. The molecule has 7 heteroatoms. The maximum atomic E-state index is 13.3. The van der Waals surface area contributed by atoms with E-state index in [1.807, 2.05) is 0 Å². The van der Waals surface area contributed by atoms with Crippen LogP contribution in [0, 0.1) is 5.92 Å². The van der Waals surface area contributed by atoms with Gasteiger partial charge in [0.15, 0.2) is 6.17 Å². The molecular weight excluding hydrogens is 302 g/mol. The molecular formula is C12H10Cl2F3NO.